The van der Waals surface area contributed by atoms with E-state index in [1.54, 1.807) is 12.1 Å². The molecule has 4 saturated heterocycles. The second kappa shape index (κ2) is 30.5. The highest BCUT2D eigenvalue weighted by atomic mass is 32.3. The van der Waals surface area contributed by atoms with E-state index >= 15 is 0 Å². The Balaban J connectivity index is 1.35. The number of carbonyl (C=O) groups excluding carboxylic acids is 4. The molecule has 4 aliphatic heterocycles. The van der Waals surface area contributed by atoms with E-state index in [0.29, 0.717) is 25.2 Å². The summed E-state index contributed by atoms with van der Waals surface area (Å²) < 4.78 is 83.8. The van der Waals surface area contributed by atoms with Crippen LogP contribution in [0, 0.1) is 11.8 Å². The molecule has 1 aromatic carbocycles. The highest BCUT2D eigenvalue weighted by Crippen LogP contribution is 2.35. The number of unbranched alkanes of at least 4 members (excludes halogenated alkanes) is 5. The van der Waals surface area contributed by atoms with E-state index in [0.717, 1.165) is 46.5 Å². The second-order valence-electron chi connectivity index (χ2n) is 19.0. The van der Waals surface area contributed by atoms with Gasteiger partial charge in [-0.1, -0.05) is 32.3 Å². The maximum atomic E-state index is 13.8. The van der Waals surface area contributed by atoms with Crippen LogP contribution in [0.4, 0.5) is 0 Å². The largest absolute Gasteiger partial charge is 0.494 e. The third-order valence-electron chi connectivity index (χ3n) is 13.0. The summed E-state index contributed by atoms with van der Waals surface area (Å²) in [7, 11) is -5.16. The van der Waals surface area contributed by atoms with Gasteiger partial charge < -0.3 is 105 Å². The van der Waals surface area contributed by atoms with Crippen LogP contribution in [-0.4, -0.2) is 238 Å². The first kappa shape index (κ1) is 64.5. The van der Waals surface area contributed by atoms with Gasteiger partial charge in [0.05, 0.1) is 33.0 Å². The number of hydrogen-bond donors (Lipinski definition) is 14. The molecule has 14 N–H and O–H groups in total. The number of hydrogen-bond acceptors (Lipinski definition) is 24. The van der Waals surface area contributed by atoms with Gasteiger partial charge >= 0.3 is 10.4 Å². The molecule has 29 nitrogen and oxygen atoms in total. The zero-order valence-corrected chi connectivity index (χ0v) is 44.2. The molecule has 0 aliphatic carbocycles. The molecule has 20 atom stereocenters. The van der Waals surface area contributed by atoms with Crippen LogP contribution in [0.25, 0.3) is 0 Å². The molecule has 0 radical (unpaired) electrons. The average molecular weight is 1140 g/mol. The quantitative estimate of drug-likeness (QED) is 0.0248. The molecule has 5 rings (SSSR count). The Morgan fingerprint density at radius 3 is 1.56 bits per heavy atom. The van der Waals surface area contributed by atoms with E-state index in [4.69, 9.17) is 37.9 Å². The minimum Gasteiger partial charge on any atom is -0.494 e. The lowest BCUT2D eigenvalue weighted by Gasteiger charge is -2.51. The van der Waals surface area contributed by atoms with E-state index in [2.05, 4.69) is 44.2 Å². The predicted molar refractivity (Wildman–Crippen MR) is 262 cm³/mol. The number of ether oxygens (including phenoxy) is 8. The van der Waals surface area contributed by atoms with Gasteiger partial charge in [-0.05, 0) is 31.0 Å². The van der Waals surface area contributed by atoms with E-state index < -0.39 is 183 Å². The molecule has 0 saturated carbocycles. The SMILES string of the molecule is CCCCCCC#CCCCOc1cccc(C(=O)NC2[C@H](O[C@H]3C(O)C(NC(C)=O)C(OC4C(CO)O[C@@H](O[C@H]5C(O)C(NC(C)=O)C(O)O[C@H]5COS(=O)(=O)O)[C@@H](NC(C)=O)[C@H]4O)O[C@H]3CO)OC(CO)[C@@H](O)[C@@H]2O)c1. The summed E-state index contributed by atoms with van der Waals surface area (Å²) in [6.45, 7) is 1.51. The Labute approximate surface area is 450 Å². The molecule has 30 heteroatoms. The fourth-order valence-corrected chi connectivity index (χ4v) is 9.51. The van der Waals surface area contributed by atoms with Gasteiger partial charge in [-0.2, -0.15) is 8.42 Å². The van der Waals surface area contributed by atoms with Crippen molar-refractivity contribution in [2.24, 2.45) is 0 Å². The van der Waals surface area contributed by atoms with Gasteiger partial charge in [0.25, 0.3) is 5.91 Å². The monoisotopic (exact) mass is 1140 g/mol. The van der Waals surface area contributed by atoms with Gasteiger partial charge in [0.2, 0.25) is 17.7 Å². The summed E-state index contributed by atoms with van der Waals surface area (Å²) in [5.74, 6) is 3.39. The molecule has 0 spiro atoms. The number of amides is 4. The number of aliphatic hydroxyl groups is 9. The third kappa shape index (κ3) is 17.8. The lowest BCUT2D eigenvalue weighted by molar-refractivity contribution is -0.361. The zero-order valence-electron chi connectivity index (χ0n) is 43.3. The minimum atomic E-state index is -5.16. The summed E-state index contributed by atoms with van der Waals surface area (Å²) in [5, 5.41) is 109. The maximum Gasteiger partial charge on any atom is 0.397 e. The maximum absolute atomic E-state index is 13.8. The third-order valence-corrected chi connectivity index (χ3v) is 13.5. The van der Waals surface area contributed by atoms with Crippen LogP contribution >= 0.6 is 0 Å². The van der Waals surface area contributed by atoms with Crippen LogP contribution in [0.2, 0.25) is 0 Å². The van der Waals surface area contributed by atoms with Crippen LogP contribution in [-0.2, 0) is 62.1 Å². The van der Waals surface area contributed by atoms with Crippen molar-refractivity contribution in [3.8, 4) is 17.6 Å². The summed E-state index contributed by atoms with van der Waals surface area (Å²) in [6.07, 6.45) is -23.1. The Hall–Kier alpha value is -4.31. The minimum absolute atomic E-state index is 0.0447. The van der Waals surface area contributed by atoms with Crippen molar-refractivity contribution in [1.82, 2.24) is 21.3 Å². The van der Waals surface area contributed by atoms with Crippen molar-refractivity contribution in [1.29, 1.82) is 0 Å². The summed E-state index contributed by atoms with van der Waals surface area (Å²) in [4.78, 5) is 51.1. The van der Waals surface area contributed by atoms with E-state index in [9.17, 15) is 78.1 Å². The highest BCUT2D eigenvalue weighted by Gasteiger charge is 2.56. The first-order chi connectivity index (χ1) is 37.0. The number of rotatable bonds is 25. The Kier molecular flexibility index (Phi) is 25.2. The lowest BCUT2D eigenvalue weighted by atomic mass is 9.93. The normalized spacial score (nSPS) is 35.1. The standard InChI is InChI=1S/C48H74N4O25S/c1-5-6-7-8-9-10-11-12-13-17-69-27-16-14-15-26(18-27)44(64)52-33-37(60)36(59)28(19-53)72-46(33)75-41-29(20-54)73-47(34(39(41)62)50-24(3)57)76-42-30(21-55)74-48(35(40(42)63)51-25(4)58)77-43-31(22-70-78(66,67)68)71-45(65)32(38(43)61)49-23(2)56/h14-16,18,28-43,45-48,53-55,59-63,65H,5-9,12-13,17,19-22H2,1-4H3,(H,49,56)(H,50,57)(H,51,58)(H,52,64)(H,66,67,68)/t28?,29-,30?,31-,32?,33?,34?,35-,36+,37+,38?,39?,40+,41+,42?,43+,45?,46-,47?,48-/m0/s1. The van der Waals surface area contributed by atoms with E-state index in [-0.39, 0.29) is 5.56 Å². The highest BCUT2D eigenvalue weighted by molar-refractivity contribution is 7.80. The second-order valence-corrected chi connectivity index (χ2v) is 20.1. The van der Waals surface area contributed by atoms with Crippen molar-refractivity contribution in [2.45, 2.75) is 195 Å². The Bertz CT molecular complexity index is 2280. The van der Waals surface area contributed by atoms with Gasteiger partial charge in [-0.25, -0.2) is 4.18 Å². The number of carbonyl (C=O) groups is 4. The first-order valence-corrected chi connectivity index (χ1v) is 26.8. The summed E-state index contributed by atoms with van der Waals surface area (Å²) in [6, 6.07) is -0.745. The fraction of sp³-hybridized carbons (Fsp3) is 0.750. The topological polar surface area (TPSA) is 436 Å². The van der Waals surface area contributed by atoms with Crippen molar-refractivity contribution in [3.63, 3.8) is 0 Å². The van der Waals surface area contributed by atoms with Gasteiger partial charge in [0, 0.05) is 39.2 Å². The van der Waals surface area contributed by atoms with Crippen molar-refractivity contribution in [2.75, 3.05) is 33.0 Å². The van der Waals surface area contributed by atoms with E-state index in [1.165, 1.54) is 18.6 Å². The zero-order chi connectivity index (χ0) is 57.4. The Morgan fingerprint density at radius 1 is 0.590 bits per heavy atom. The molecule has 1 aromatic rings. The molecule has 4 heterocycles. The van der Waals surface area contributed by atoms with Crippen molar-refractivity contribution >= 4 is 34.0 Å². The van der Waals surface area contributed by atoms with Crippen LogP contribution in [0.3, 0.4) is 0 Å². The van der Waals surface area contributed by atoms with Crippen molar-refractivity contribution in [3.05, 3.63) is 29.8 Å². The molecular weight excluding hydrogens is 1060 g/mol. The molecule has 0 bridgehead atoms. The summed E-state index contributed by atoms with van der Waals surface area (Å²) >= 11 is 0. The molecule has 442 valence electrons. The van der Waals surface area contributed by atoms with Crippen LogP contribution in [0.15, 0.2) is 24.3 Å². The average Bonchev–Trinajstić information content (AvgIpc) is 3.47. The van der Waals surface area contributed by atoms with Crippen LogP contribution in [0.5, 0.6) is 5.75 Å². The van der Waals surface area contributed by atoms with Crippen LogP contribution in [0.1, 0.15) is 83.0 Å². The molecule has 78 heavy (non-hydrogen) atoms. The first-order valence-electron chi connectivity index (χ1n) is 25.4. The lowest BCUT2D eigenvalue weighted by Crippen LogP contribution is -2.71. The van der Waals surface area contributed by atoms with Crippen molar-refractivity contribution < 1.29 is 120 Å². The van der Waals surface area contributed by atoms with Gasteiger partial charge in [-0.15, -0.1) is 11.8 Å². The molecule has 0 aromatic heterocycles. The van der Waals surface area contributed by atoms with E-state index in [1.807, 2.05) is 0 Å². The Morgan fingerprint density at radius 2 is 1.06 bits per heavy atom. The predicted octanol–water partition coefficient (Wildman–Crippen LogP) is -4.92. The summed E-state index contributed by atoms with van der Waals surface area (Å²) in [5.41, 5.74) is 0.0447. The number of benzene rings is 1. The van der Waals surface area contributed by atoms with Gasteiger partial charge in [-0.3, -0.25) is 23.7 Å². The van der Waals surface area contributed by atoms with Gasteiger partial charge in [0.15, 0.2) is 25.2 Å². The molecule has 4 aliphatic rings. The smallest absolute Gasteiger partial charge is 0.397 e. The fourth-order valence-electron chi connectivity index (χ4n) is 9.21. The molecule has 4 fully saturated rings. The molecular formula is C48H74N4O25S. The number of nitrogens with one attached hydrogen (secondary N) is 4. The van der Waals surface area contributed by atoms with Crippen LogP contribution < -0.4 is 26.0 Å². The number of aliphatic hydroxyl groups excluding tert-OH is 9. The van der Waals surface area contributed by atoms with Gasteiger partial charge in [0.1, 0.15) is 103 Å². The molecule has 4 amide bonds. The molecule has 10 unspecified atom stereocenters.